The lowest BCUT2D eigenvalue weighted by Gasteiger charge is -2.14. The lowest BCUT2D eigenvalue weighted by molar-refractivity contribution is -0.385. The van der Waals surface area contributed by atoms with E-state index in [1.54, 1.807) is 12.1 Å². The minimum atomic E-state index is -0.346. The number of nitrogens with zero attached hydrogens (tertiary/aromatic N) is 2. The standard InChI is InChI=1S/C11H13ClN2O2/c12-10-3-4-11(14(15)16)9(7-10)8-13-5-1-2-6-13/h3-4,7H,1-2,5-6,8H2. The van der Waals surface area contributed by atoms with Crippen LogP contribution in [0.1, 0.15) is 18.4 Å². The van der Waals surface area contributed by atoms with Gasteiger partial charge in [-0.3, -0.25) is 15.0 Å². The molecule has 5 heteroatoms. The van der Waals surface area contributed by atoms with Gasteiger partial charge < -0.3 is 0 Å². The molecule has 0 unspecified atom stereocenters. The summed E-state index contributed by atoms with van der Waals surface area (Å²) in [5, 5.41) is 11.4. The quantitative estimate of drug-likeness (QED) is 0.603. The minimum Gasteiger partial charge on any atom is -0.299 e. The van der Waals surface area contributed by atoms with Crippen molar-refractivity contribution >= 4 is 17.3 Å². The molecule has 0 spiro atoms. The van der Waals surface area contributed by atoms with Crippen LogP contribution in [0.15, 0.2) is 18.2 Å². The van der Waals surface area contributed by atoms with Gasteiger partial charge in [0.15, 0.2) is 0 Å². The molecule has 1 fully saturated rings. The van der Waals surface area contributed by atoms with Crippen molar-refractivity contribution in [2.24, 2.45) is 0 Å². The number of nitro benzene ring substituents is 1. The minimum absolute atomic E-state index is 0.163. The van der Waals surface area contributed by atoms with Gasteiger partial charge in [-0.2, -0.15) is 0 Å². The number of benzene rings is 1. The highest BCUT2D eigenvalue weighted by molar-refractivity contribution is 6.30. The highest BCUT2D eigenvalue weighted by Gasteiger charge is 2.18. The Hall–Kier alpha value is -1.13. The number of likely N-dealkylation sites (tertiary alicyclic amines) is 1. The zero-order valence-electron chi connectivity index (χ0n) is 8.86. The van der Waals surface area contributed by atoms with E-state index in [1.807, 2.05) is 0 Å². The molecule has 1 heterocycles. The predicted octanol–water partition coefficient (Wildman–Crippen LogP) is 2.84. The SMILES string of the molecule is O=[N+]([O-])c1ccc(Cl)cc1CN1CCCC1. The molecule has 86 valence electrons. The molecule has 0 bridgehead atoms. The Balaban J connectivity index is 2.22. The molecule has 1 aliphatic rings. The summed E-state index contributed by atoms with van der Waals surface area (Å²) in [7, 11) is 0. The second-order valence-corrected chi connectivity index (χ2v) is 4.45. The van der Waals surface area contributed by atoms with Crippen LogP contribution in [0.4, 0.5) is 5.69 Å². The van der Waals surface area contributed by atoms with Crippen molar-refractivity contribution < 1.29 is 4.92 Å². The van der Waals surface area contributed by atoms with Gasteiger partial charge >= 0.3 is 0 Å². The van der Waals surface area contributed by atoms with Gasteiger partial charge in [-0.1, -0.05) is 11.6 Å². The summed E-state index contributed by atoms with van der Waals surface area (Å²) < 4.78 is 0. The van der Waals surface area contributed by atoms with Crippen molar-refractivity contribution in [3.8, 4) is 0 Å². The van der Waals surface area contributed by atoms with Crippen molar-refractivity contribution in [2.75, 3.05) is 13.1 Å². The van der Waals surface area contributed by atoms with E-state index in [4.69, 9.17) is 11.6 Å². The largest absolute Gasteiger partial charge is 0.299 e. The van der Waals surface area contributed by atoms with Gasteiger partial charge in [-0.15, -0.1) is 0 Å². The van der Waals surface area contributed by atoms with Gasteiger partial charge in [0.25, 0.3) is 5.69 Å². The molecular weight excluding hydrogens is 228 g/mol. The van der Waals surface area contributed by atoms with Gasteiger partial charge in [-0.05, 0) is 38.1 Å². The summed E-state index contributed by atoms with van der Waals surface area (Å²) in [6.45, 7) is 2.66. The van der Waals surface area contributed by atoms with Crippen LogP contribution in [0, 0.1) is 10.1 Å². The number of hydrogen-bond donors (Lipinski definition) is 0. The second kappa shape index (κ2) is 4.80. The van der Waals surface area contributed by atoms with E-state index < -0.39 is 0 Å². The molecule has 1 saturated heterocycles. The predicted molar refractivity (Wildman–Crippen MR) is 62.6 cm³/mol. The van der Waals surface area contributed by atoms with Crippen molar-refractivity contribution in [3.05, 3.63) is 38.9 Å². The molecule has 0 saturated carbocycles. The van der Waals surface area contributed by atoms with Crippen LogP contribution in [0.2, 0.25) is 5.02 Å². The molecule has 0 aliphatic carbocycles. The topological polar surface area (TPSA) is 46.4 Å². The molecule has 0 radical (unpaired) electrons. The van der Waals surface area contributed by atoms with Crippen LogP contribution in [-0.4, -0.2) is 22.9 Å². The second-order valence-electron chi connectivity index (χ2n) is 4.01. The Morgan fingerprint density at radius 2 is 2.06 bits per heavy atom. The average molecular weight is 241 g/mol. The van der Waals surface area contributed by atoms with E-state index in [0.29, 0.717) is 17.1 Å². The van der Waals surface area contributed by atoms with Gasteiger partial charge in [0, 0.05) is 23.2 Å². The molecule has 4 nitrogen and oxygen atoms in total. The highest BCUT2D eigenvalue weighted by atomic mass is 35.5. The number of hydrogen-bond acceptors (Lipinski definition) is 3. The summed E-state index contributed by atoms with van der Waals surface area (Å²) in [4.78, 5) is 12.7. The molecule has 1 aromatic carbocycles. The Labute approximate surface area is 99.0 Å². The monoisotopic (exact) mass is 240 g/mol. The Morgan fingerprint density at radius 3 is 2.69 bits per heavy atom. The molecule has 1 aliphatic heterocycles. The maximum atomic E-state index is 10.9. The molecular formula is C11H13ClN2O2. The van der Waals surface area contributed by atoms with Crippen molar-refractivity contribution in [3.63, 3.8) is 0 Å². The fourth-order valence-electron chi connectivity index (χ4n) is 2.04. The summed E-state index contributed by atoms with van der Waals surface area (Å²) in [6.07, 6.45) is 2.35. The van der Waals surface area contributed by atoms with Crippen LogP contribution in [0.25, 0.3) is 0 Å². The first kappa shape index (κ1) is 11.4. The first-order valence-corrected chi connectivity index (χ1v) is 5.70. The Kier molecular flexibility index (Phi) is 3.41. The molecule has 16 heavy (non-hydrogen) atoms. The van der Waals surface area contributed by atoms with Crippen LogP contribution in [0.3, 0.4) is 0 Å². The summed E-state index contributed by atoms with van der Waals surface area (Å²) in [5.74, 6) is 0. The van der Waals surface area contributed by atoms with Crippen molar-refractivity contribution in [2.45, 2.75) is 19.4 Å². The fraction of sp³-hybridized carbons (Fsp3) is 0.455. The van der Waals surface area contributed by atoms with Crippen LogP contribution < -0.4 is 0 Å². The summed E-state index contributed by atoms with van der Waals surface area (Å²) in [6, 6.07) is 4.74. The first-order chi connectivity index (χ1) is 7.66. The van der Waals surface area contributed by atoms with Crippen molar-refractivity contribution in [1.29, 1.82) is 0 Å². The highest BCUT2D eigenvalue weighted by Crippen LogP contribution is 2.25. The van der Waals surface area contributed by atoms with Gasteiger partial charge in [0.1, 0.15) is 0 Å². The fourth-order valence-corrected chi connectivity index (χ4v) is 2.24. The number of rotatable bonds is 3. The van der Waals surface area contributed by atoms with Gasteiger partial charge in [0.2, 0.25) is 0 Å². The smallest absolute Gasteiger partial charge is 0.273 e. The van der Waals surface area contributed by atoms with Gasteiger partial charge in [-0.25, -0.2) is 0 Å². The molecule has 0 N–H and O–H groups in total. The van der Waals surface area contributed by atoms with E-state index in [0.717, 1.165) is 13.1 Å². The maximum Gasteiger partial charge on any atom is 0.273 e. The third kappa shape index (κ3) is 2.51. The Morgan fingerprint density at radius 1 is 1.38 bits per heavy atom. The van der Waals surface area contributed by atoms with Crippen LogP contribution >= 0.6 is 11.6 Å². The third-order valence-corrected chi connectivity index (χ3v) is 3.07. The molecule has 0 atom stereocenters. The number of halogens is 1. The lowest BCUT2D eigenvalue weighted by atomic mass is 10.1. The maximum absolute atomic E-state index is 10.9. The summed E-state index contributed by atoms with van der Waals surface area (Å²) in [5.41, 5.74) is 0.871. The Bertz CT molecular complexity index is 403. The first-order valence-electron chi connectivity index (χ1n) is 5.32. The lowest BCUT2D eigenvalue weighted by Crippen LogP contribution is -2.19. The molecule has 1 aromatic rings. The van der Waals surface area contributed by atoms with Crippen LogP contribution in [0.5, 0.6) is 0 Å². The van der Waals surface area contributed by atoms with E-state index in [-0.39, 0.29) is 10.6 Å². The zero-order valence-corrected chi connectivity index (χ0v) is 9.61. The molecule has 0 amide bonds. The van der Waals surface area contributed by atoms with Gasteiger partial charge in [0.05, 0.1) is 4.92 Å². The van der Waals surface area contributed by atoms with E-state index >= 15 is 0 Å². The van der Waals surface area contributed by atoms with E-state index in [9.17, 15) is 10.1 Å². The average Bonchev–Trinajstić information content (AvgIpc) is 2.70. The summed E-state index contributed by atoms with van der Waals surface area (Å²) >= 11 is 5.87. The zero-order chi connectivity index (χ0) is 11.5. The van der Waals surface area contributed by atoms with E-state index in [2.05, 4.69) is 4.90 Å². The van der Waals surface area contributed by atoms with E-state index in [1.165, 1.54) is 18.9 Å². The molecule has 0 aromatic heterocycles. The van der Waals surface area contributed by atoms with Crippen molar-refractivity contribution in [1.82, 2.24) is 4.90 Å². The van der Waals surface area contributed by atoms with Crippen LogP contribution in [-0.2, 0) is 6.54 Å². The molecule has 2 rings (SSSR count). The normalized spacial score (nSPS) is 16.6. The third-order valence-electron chi connectivity index (χ3n) is 2.83. The number of nitro groups is 1.